The van der Waals surface area contributed by atoms with Gasteiger partial charge in [-0.2, -0.15) is 0 Å². The van der Waals surface area contributed by atoms with Gasteiger partial charge in [0.25, 0.3) is 0 Å². The maximum Gasteiger partial charge on any atom is 0.336 e. The fourth-order valence-electron chi connectivity index (χ4n) is 2.98. The molecule has 3 rings (SSSR count). The molecule has 0 N–H and O–H groups in total. The first-order valence-electron chi connectivity index (χ1n) is 9.20. The molecule has 8 nitrogen and oxygen atoms in total. The molecule has 2 aromatic carbocycles. The molecule has 0 aliphatic carbocycles. The van der Waals surface area contributed by atoms with E-state index < -0.39 is 16.5 Å². The Balaban J connectivity index is 1.96. The van der Waals surface area contributed by atoms with Crippen molar-refractivity contribution in [1.82, 2.24) is 0 Å². The number of hydrogen-bond acceptors (Lipinski definition) is 7. The zero-order valence-electron chi connectivity index (χ0n) is 16.4. The topological polar surface area (TPSA) is 109 Å². The van der Waals surface area contributed by atoms with Gasteiger partial charge in [-0.3, -0.25) is 10.1 Å². The predicted octanol–water partition coefficient (Wildman–Crippen LogP) is 4.63. The van der Waals surface area contributed by atoms with Gasteiger partial charge in [0.15, 0.2) is 0 Å². The van der Waals surface area contributed by atoms with Crippen molar-refractivity contribution in [1.29, 1.82) is 0 Å². The summed E-state index contributed by atoms with van der Waals surface area (Å²) < 4.78 is 15.5. The number of nitro groups is 1. The minimum absolute atomic E-state index is 0.0154. The van der Waals surface area contributed by atoms with E-state index in [9.17, 15) is 19.7 Å². The Morgan fingerprint density at radius 3 is 2.70 bits per heavy atom. The lowest BCUT2D eigenvalue weighted by atomic mass is 10.1. The molecule has 0 atom stereocenters. The van der Waals surface area contributed by atoms with Gasteiger partial charge in [0.1, 0.15) is 11.3 Å². The monoisotopic (exact) mass is 409 g/mol. The van der Waals surface area contributed by atoms with Gasteiger partial charge in [0.2, 0.25) is 5.75 Å². The van der Waals surface area contributed by atoms with Crippen molar-refractivity contribution < 1.29 is 23.6 Å². The van der Waals surface area contributed by atoms with Crippen LogP contribution in [0.1, 0.15) is 24.5 Å². The SMILES string of the molecule is CCCc1cc(=O)oc2cc(Oc3ccc(/C=C/C(=O)OC)cc3[N+](=O)[O-])ccc12. The number of nitro benzene ring substituents is 1. The average Bonchev–Trinajstić information content (AvgIpc) is 2.72. The third-order valence-corrected chi connectivity index (χ3v) is 4.34. The highest BCUT2D eigenvalue weighted by molar-refractivity contribution is 5.87. The molecule has 0 fully saturated rings. The number of hydrogen-bond donors (Lipinski definition) is 0. The van der Waals surface area contributed by atoms with Gasteiger partial charge in [-0.25, -0.2) is 9.59 Å². The van der Waals surface area contributed by atoms with Gasteiger partial charge < -0.3 is 13.9 Å². The molecule has 3 aromatic rings. The third kappa shape index (κ3) is 4.72. The van der Waals surface area contributed by atoms with E-state index in [1.807, 2.05) is 6.92 Å². The van der Waals surface area contributed by atoms with Crippen LogP contribution < -0.4 is 10.4 Å². The second-order valence-electron chi connectivity index (χ2n) is 6.44. The van der Waals surface area contributed by atoms with E-state index >= 15 is 0 Å². The quantitative estimate of drug-likeness (QED) is 0.184. The van der Waals surface area contributed by atoms with Crippen molar-refractivity contribution in [3.63, 3.8) is 0 Å². The van der Waals surface area contributed by atoms with Crippen LogP contribution in [0.5, 0.6) is 11.5 Å². The van der Waals surface area contributed by atoms with Gasteiger partial charge in [0, 0.05) is 29.7 Å². The first-order chi connectivity index (χ1) is 14.4. The summed E-state index contributed by atoms with van der Waals surface area (Å²) >= 11 is 0. The molecule has 0 radical (unpaired) electrons. The van der Waals surface area contributed by atoms with Crippen molar-refractivity contribution in [2.75, 3.05) is 7.11 Å². The predicted molar refractivity (Wildman–Crippen MR) is 111 cm³/mol. The number of benzene rings is 2. The van der Waals surface area contributed by atoms with Crippen LogP contribution in [0.15, 0.2) is 57.8 Å². The van der Waals surface area contributed by atoms with E-state index in [2.05, 4.69) is 4.74 Å². The molecule has 30 heavy (non-hydrogen) atoms. The van der Waals surface area contributed by atoms with Gasteiger partial charge in [-0.05, 0) is 41.8 Å². The fraction of sp³-hybridized carbons (Fsp3) is 0.182. The highest BCUT2D eigenvalue weighted by atomic mass is 16.6. The number of aryl methyl sites for hydroxylation is 1. The number of fused-ring (bicyclic) bond motifs is 1. The van der Waals surface area contributed by atoms with Crippen LogP contribution in [-0.2, 0) is 16.0 Å². The Kier molecular flexibility index (Phi) is 6.26. The van der Waals surface area contributed by atoms with E-state index in [4.69, 9.17) is 9.15 Å². The van der Waals surface area contributed by atoms with Crippen molar-refractivity contribution in [3.8, 4) is 11.5 Å². The molecule has 8 heteroatoms. The van der Waals surface area contributed by atoms with Gasteiger partial charge in [0.05, 0.1) is 12.0 Å². The van der Waals surface area contributed by atoms with Crippen LogP contribution in [0.2, 0.25) is 0 Å². The Morgan fingerprint density at radius 2 is 2.00 bits per heavy atom. The Hall–Kier alpha value is -3.94. The summed E-state index contributed by atoms with van der Waals surface area (Å²) in [6, 6.07) is 10.7. The minimum Gasteiger partial charge on any atom is -0.466 e. The van der Waals surface area contributed by atoms with E-state index in [1.54, 1.807) is 18.2 Å². The van der Waals surface area contributed by atoms with Gasteiger partial charge >= 0.3 is 17.3 Å². The van der Waals surface area contributed by atoms with Crippen molar-refractivity contribution in [3.05, 3.63) is 80.2 Å². The van der Waals surface area contributed by atoms with E-state index in [1.165, 1.54) is 43.5 Å². The molecule has 0 saturated heterocycles. The number of rotatable bonds is 7. The standard InChI is InChI=1S/C22H19NO7/c1-3-4-15-12-22(25)30-20-13-16(7-8-17(15)20)29-19-9-5-14(6-10-21(24)28-2)11-18(19)23(26)27/h5-13H,3-4H2,1-2H3/b10-6+. The summed E-state index contributed by atoms with van der Waals surface area (Å²) in [6.07, 6.45) is 4.18. The van der Waals surface area contributed by atoms with Crippen LogP contribution in [0, 0.1) is 10.1 Å². The van der Waals surface area contributed by atoms with Crippen molar-refractivity contribution in [2.24, 2.45) is 0 Å². The van der Waals surface area contributed by atoms with Crippen LogP contribution in [0.4, 0.5) is 5.69 Å². The average molecular weight is 409 g/mol. The molecular formula is C22H19NO7. The van der Waals surface area contributed by atoms with E-state index in [-0.39, 0.29) is 11.4 Å². The number of carbonyl (C=O) groups excluding carboxylic acids is 1. The summed E-state index contributed by atoms with van der Waals surface area (Å²) in [5.41, 5.74) is 0.930. The van der Waals surface area contributed by atoms with Crippen molar-refractivity contribution in [2.45, 2.75) is 19.8 Å². The second-order valence-corrected chi connectivity index (χ2v) is 6.44. The smallest absolute Gasteiger partial charge is 0.336 e. The number of ether oxygens (including phenoxy) is 2. The molecule has 0 amide bonds. The Bertz CT molecular complexity index is 1190. The maximum atomic E-state index is 11.8. The largest absolute Gasteiger partial charge is 0.466 e. The molecule has 154 valence electrons. The molecule has 0 aliphatic rings. The highest BCUT2D eigenvalue weighted by Crippen LogP contribution is 2.34. The first kappa shape index (κ1) is 20.8. The lowest BCUT2D eigenvalue weighted by Crippen LogP contribution is -2.01. The highest BCUT2D eigenvalue weighted by Gasteiger charge is 2.17. The molecule has 0 saturated carbocycles. The van der Waals surface area contributed by atoms with E-state index in [0.717, 1.165) is 23.8 Å². The van der Waals surface area contributed by atoms with Crippen LogP contribution in [0.25, 0.3) is 17.0 Å². The first-order valence-corrected chi connectivity index (χ1v) is 9.20. The molecule has 0 spiro atoms. The zero-order chi connectivity index (χ0) is 21.7. The second kappa shape index (κ2) is 9.04. The summed E-state index contributed by atoms with van der Waals surface area (Å²) in [6.45, 7) is 2.01. The summed E-state index contributed by atoms with van der Waals surface area (Å²) in [5, 5.41) is 12.3. The molecular weight excluding hydrogens is 390 g/mol. The maximum absolute atomic E-state index is 11.8. The summed E-state index contributed by atoms with van der Waals surface area (Å²) in [5.74, 6) is -0.264. The van der Waals surface area contributed by atoms with Crippen LogP contribution in [0.3, 0.4) is 0 Å². The molecule has 0 unspecified atom stereocenters. The molecule has 1 aromatic heterocycles. The van der Waals surface area contributed by atoms with Crippen LogP contribution >= 0.6 is 0 Å². The molecule has 0 aliphatic heterocycles. The third-order valence-electron chi connectivity index (χ3n) is 4.34. The zero-order valence-corrected chi connectivity index (χ0v) is 16.4. The fourth-order valence-corrected chi connectivity index (χ4v) is 2.98. The normalized spacial score (nSPS) is 11.0. The lowest BCUT2D eigenvalue weighted by Gasteiger charge is -2.09. The van der Waals surface area contributed by atoms with Gasteiger partial charge in [-0.1, -0.05) is 19.4 Å². The summed E-state index contributed by atoms with van der Waals surface area (Å²) in [4.78, 5) is 33.9. The summed E-state index contributed by atoms with van der Waals surface area (Å²) in [7, 11) is 1.24. The Labute approximate surface area is 171 Å². The van der Waals surface area contributed by atoms with E-state index in [0.29, 0.717) is 16.9 Å². The molecule has 1 heterocycles. The number of carbonyl (C=O) groups is 1. The van der Waals surface area contributed by atoms with Gasteiger partial charge in [-0.15, -0.1) is 0 Å². The minimum atomic E-state index is -0.578. The van der Waals surface area contributed by atoms with Crippen LogP contribution in [-0.4, -0.2) is 18.0 Å². The number of nitrogens with zero attached hydrogens (tertiary/aromatic N) is 1. The number of methoxy groups -OCH3 is 1. The van der Waals surface area contributed by atoms with Crippen molar-refractivity contribution >= 4 is 28.7 Å². The number of esters is 1. The lowest BCUT2D eigenvalue weighted by molar-refractivity contribution is -0.385. The molecule has 0 bridgehead atoms. The Morgan fingerprint density at radius 1 is 1.20 bits per heavy atom.